The van der Waals surface area contributed by atoms with E-state index in [0.29, 0.717) is 23.3 Å². The summed E-state index contributed by atoms with van der Waals surface area (Å²) in [6.45, 7) is 4.37. The minimum atomic E-state index is -0.509. The van der Waals surface area contributed by atoms with Crippen molar-refractivity contribution in [1.29, 1.82) is 0 Å². The highest BCUT2D eigenvalue weighted by Crippen LogP contribution is 2.32. The van der Waals surface area contributed by atoms with Crippen molar-refractivity contribution >= 4 is 33.7 Å². The third-order valence-corrected chi connectivity index (χ3v) is 6.64. The molecule has 7 heteroatoms. The van der Waals surface area contributed by atoms with Crippen molar-refractivity contribution in [3.63, 3.8) is 0 Å². The van der Waals surface area contributed by atoms with Crippen LogP contribution in [0.2, 0.25) is 0 Å². The van der Waals surface area contributed by atoms with Gasteiger partial charge in [0.05, 0.1) is 17.7 Å². The number of hydrogen-bond acceptors (Lipinski definition) is 5. The van der Waals surface area contributed by atoms with Gasteiger partial charge in [-0.3, -0.25) is 14.5 Å². The second kappa shape index (κ2) is 10.4. The zero-order chi connectivity index (χ0) is 25.0. The number of rotatable bonds is 9. The highest BCUT2D eigenvalue weighted by atomic mass is 79.9. The van der Waals surface area contributed by atoms with E-state index in [2.05, 4.69) is 41.9 Å². The van der Waals surface area contributed by atoms with Crippen molar-refractivity contribution in [3.8, 4) is 5.75 Å². The average Bonchev–Trinajstić information content (AvgIpc) is 3.10. The van der Waals surface area contributed by atoms with E-state index in [1.54, 1.807) is 18.2 Å². The first-order chi connectivity index (χ1) is 16.8. The second-order valence-corrected chi connectivity index (χ2v) is 9.75. The predicted octanol–water partition coefficient (Wildman–Crippen LogP) is 5.38. The van der Waals surface area contributed by atoms with Gasteiger partial charge >= 0.3 is 5.97 Å². The number of imide groups is 1. The number of carbonyl (C=O) groups excluding carboxylic acids is 3. The maximum absolute atomic E-state index is 12.5. The van der Waals surface area contributed by atoms with Gasteiger partial charge in [-0.05, 0) is 47.9 Å². The van der Waals surface area contributed by atoms with Gasteiger partial charge in [0.2, 0.25) is 0 Å². The van der Waals surface area contributed by atoms with Gasteiger partial charge in [0, 0.05) is 16.4 Å². The van der Waals surface area contributed by atoms with Crippen molar-refractivity contribution < 1.29 is 23.9 Å². The molecule has 0 spiro atoms. The molecule has 0 unspecified atom stereocenters. The fourth-order valence-electron chi connectivity index (χ4n) is 4.05. The topological polar surface area (TPSA) is 72.9 Å². The number of carbonyl (C=O) groups is 3. The van der Waals surface area contributed by atoms with Gasteiger partial charge < -0.3 is 9.47 Å². The quantitative estimate of drug-likeness (QED) is 0.209. The molecule has 0 fully saturated rings. The van der Waals surface area contributed by atoms with Crippen molar-refractivity contribution in [1.82, 2.24) is 4.90 Å². The van der Waals surface area contributed by atoms with E-state index >= 15 is 0 Å². The maximum Gasteiger partial charge on any atom is 0.344 e. The molecule has 180 valence electrons. The number of halogens is 1. The number of fused-ring (bicyclic) bond motifs is 1. The first-order valence-corrected chi connectivity index (χ1v) is 12.2. The summed E-state index contributed by atoms with van der Waals surface area (Å²) < 4.78 is 11.5. The van der Waals surface area contributed by atoms with Crippen LogP contribution < -0.4 is 4.74 Å². The van der Waals surface area contributed by atoms with Gasteiger partial charge in [0.1, 0.15) is 5.75 Å². The minimum absolute atomic E-state index is 0.0868. The van der Waals surface area contributed by atoms with Gasteiger partial charge in [-0.2, -0.15) is 0 Å². The van der Waals surface area contributed by atoms with Crippen LogP contribution in [0.15, 0.2) is 77.3 Å². The number of hydrogen-bond donors (Lipinski definition) is 0. The Morgan fingerprint density at radius 3 is 2.26 bits per heavy atom. The highest BCUT2D eigenvalue weighted by molar-refractivity contribution is 9.10. The third-order valence-electron chi connectivity index (χ3n) is 6.15. The molecule has 0 radical (unpaired) electrons. The molecule has 1 aliphatic rings. The number of nitrogens with zero attached hydrogens (tertiary/aromatic N) is 1. The Morgan fingerprint density at radius 2 is 1.54 bits per heavy atom. The van der Waals surface area contributed by atoms with E-state index < -0.39 is 5.97 Å². The fraction of sp³-hybridized carbons (Fsp3) is 0.250. The zero-order valence-electron chi connectivity index (χ0n) is 19.6. The molecule has 0 atom stereocenters. The molecule has 0 N–H and O–H groups in total. The molecule has 3 aromatic carbocycles. The second-order valence-electron chi connectivity index (χ2n) is 8.83. The fourth-order valence-corrected chi connectivity index (χ4v) is 4.41. The molecule has 4 rings (SSSR count). The smallest absolute Gasteiger partial charge is 0.344 e. The SMILES string of the molecule is CC(C)(c1ccccc1)c1ccc(OCC(=O)OCCCN2C(=O)c3ccc(Br)cc3C2=O)cc1. The number of benzene rings is 3. The van der Waals surface area contributed by atoms with Crippen LogP contribution in [-0.2, 0) is 14.9 Å². The summed E-state index contributed by atoms with van der Waals surface area (Å²) >= 11 is 3.31. The highest BCUT2D eigenvalue weighted by Gasteiger charge is 2.35. The lowest BCUT2D eigenvalue weighted by Gasteiger charge is -2.26. The van der Waals surface area contributed by atoms with E-state index in [0.717, 1.165) is 10.0 Å². The molecule has 1 heterocycles. The standard InChI is InChI=1S/C28H26BrNO5/c1-28(2,19-7-4-3-5-8-19)20-9-12-22(13-10-20)35-18-25(31)34-16-6-15-30-26(32)23-14-11-21(29)17-24(23)27(30)33/h3-5,7-14,17H,6,15-16,18H2,1-2H3. The molecular weight excluding hydrogens is 510 g/mol. The normalized spacial score (nSPS) is 13.1. The monoisotopic (exact) mass is 535 g/mol. The van der Waals surface area contributed by atoms with Crippen molar-refractivity contribution in [2.45, 2.75) is 25.7 Å². The minimum Gasteiger partial charge on any atom is -0.482 e. The summed E-state index contributed by atoms with van der Waals surface area (Å²) in [6, 6.07) is 22.9. The lowest BCUT2D eigenvalue weighted by molar-refractivity contribution is -0.146. The Morgan fingerprint density at radius 1 is 0.886 bits per heavy atom. The maximum atomic E-state index is 12.5. The molecule has 35 heavy (non-hydrogen) atoms. The van der Waals surface area contributed by atoms with Crippen LogP contribution in [0.5, 0.6) is 5.75 Å². The van der Waals surface area contributed by atoms with E-state index in [-0.39, 0.29) is 37.0 Å². The van der Waals surface area contributed by atoms with Crippen LogP contribution in [0.1, 0.15) is 52.1 Å². The van der Waals surface area contributed by atoms with Gasteiger partial charge in [0.25, 0.3) is 11.8 Å². The molecule has 3 aromatic rings. The van der Waals surface area contributed by atoms with E-state index in [1.165, 1.54) is 10.5 Å². The van der Waals surface area contributed by atoms with E-state index in [4.69, 9.17) is 9.47 Å². The molecule has 1 aliphatic heterocycles. The zero-order valence-corrected chi connectivity index (χ0v) is 21.2. The summed E-state index contributed by atoms with van der Waals surface area (Å²) in [6.07, 6.45) is 0.349. The number of ether oxygens (including phenoxy) is 2. The molecule has 6 nitrogen and oxygen atoms in total. The van der Waals surface area contributed by atoms with Gasteiger partial charge in [-0.15, -0.1) is 0 Å². The lowest BCUT2D eigenvalue weighted by Crippen LogP contribution is -2.31. The van der Waals surface area contributed by atoms with Crippen LogP contribution in [0.3, 0.4) is 0 Å². The van der Waals surface area contributed by atoms with E-state index in [9.17, 15) is 14.4 Å². The molecule has 2 amide bonds. The summed E-state index contributed by atoms with van der Waals surface area (Å²) in [7, 11) is 0. The Kier molecular flexibility index (Phi) is 7.36. The third kappa shape index (κ3) is 5.46. The Bertz CT molecular complexity index is 1240. The van der Waals surface area contributed by atoms with Crippen LogP contribution in [0, 0.1) is 0 Å². The Balaban J connectivity index is 1.21. The molecule has 0 aliphatic carbocycles. The molecule has 0 saturated carbocycles. The van der Waals surface area contributed by atoms with Gasteiger partial charge in [0.15, 0.2) is 6.61 Å². The van der Waals surface area contributed by atoms with Crippen LogP contribution in [0.25, 0.3) is 0 Å². The summed E-state index contributed by atoms with van der Waals surface area (Å²) in [4.78, 5) is 38.2. The Hall–Kier alpha value is -3.45. The van der Waals surface area contributed by atoms with Crippen molar-refractivity contribution in [2.24, 2.45) is 0 Å². The largest absolute Gasteiger partial charge is 0.482 e. The lowest BCUT2D eigenvalue weighted by atomic mass is 9.78. The van der Waals surface area contributed by atoms with Crippen LogP contribution in [-0.4, -0.2) is 42.4 Å². The van der Waals surface area contributed by atoms with Gasteiger partial charge in [-0.25, -0.2) is 4.79 Å². The number of esters is 1. The number of amides is 2. The van der Waals surface area contributed by atoms with E-state index in [1.807, 2.05) is 42.5 Å². The summed E-state index contributed by atoms with van der Waals surface area (Å²) in [5, 5.41) is 0. The van der Waals surface area contributed by atoms with Crippen molar-refractivity contribution in [3.05, 3.63) is 99.5 Å². The first-order valence-electron chi connectivity index (χ1n) is 11.4. The Labute approximate surface area is 213 Å². The van der Waals surface area contributed by atoms with Crippen LogP contribution >= 0.6 is 15.9 Å². The summed E-state index contributed by atoms with van der Waals surface area (Å²) in [5.74, 6) is -0.595. The molecular formula is C28H26BrNO5. The van der Waals surface area contributed by atoms with Gasteiger partial charge in [-0.1, -0.05) is 72.2 Å². The predicted molar refractivity (Wildman–Crippen MR) is 136 cm³/mol. The molecule has 0 saturated heterocycles. The average molecular weight is 536 g/mol. The summed E-state index contributed by atoms with van der Waals surface area (Å²) in [5.41, 5.74) is 2.97. The van der Waals surface area contributed by atoms with Crippen LogP contribution in [0.4, 0.5) is 0 Å². The molecule has 0 aromatic heterocycles. The first kappa shape index (κ1) is 24.7. The molecule has 0 bridgehead atoms. The van der Waals surface area contributed by atoms with Crippen molar-refractivity contribution in [2.75, 3.05) is 19.8 Å².